The Hall–Kier alpha value is -0.980. The van der Waals surface area contributed by atoms with Gasteiger partial charge in [0.05, 0.1) is 6.10 Å². The molecule has 94 valence electrons. The highest BCUT2D eigenvalue weighted by molar-refractivity contribution is 5.74. The quantitative estimate of drug-likeness (QED) is 0.783. The van der Waals surface area contributed by atoms with Gasteiger partial charge in [0.25, 0.3) is 0 Å². The van der Waals surface area contributed by atoms with Gasteiger partial charge >= 0.3 is 12.2 Å². The van der Waals surface area contributed by atoms with E-state index >= 15 is 0 Å². The van der Waals surface area contributed by atoms with E-state index in [9.17, 15) is 18.0 Å². The number of amides is 2. The van der Waals surface area contributed by atoms with Crippen LogP contribution in [0.25, 0.3) is 0 Å². The number of alkyl halides is 3. The summed E-state index contributed by atoms with van der Waals surface area (Å²) < 4.78 is 40.4. The number of carbonyl (C=O) groups excluding carboxylic acids is 1. The normalized spacial score (nSPS) is 25.5. The van der Waals surface area contributed by atoms with Crippen molar-refractivity contribution in [2.75, 3.05) is 13.7 Å². The van der Waals surface area contributed by atoms with Crippen LogP contribution in [-0.2, 0) is 4.74 Å². The van der Waals surface area contributed by atoms with E-state index in [4.69, 9.17) is 4.74 Å². The van der Waals surface area contributed by atoms with Crippen LogP contribution in [0.15, 0.2) is 0 Å². The van der Waals surface area contributed by atoms with E-state index in [2.05, 4.69) is 5.32 Å². The second-order valence-electron chi connectivity index (χ2n) is 3.81. The van der Waals surface area contributed by atoms with Gasteiger partial charge in [-0.25, -0.2) is 4.79 Å². The van der Waals surface area contributed by atoms with Gasteiger partial charge in [-0.3, -0.25) is 0 Å². The molecule has 1 aliphatic carbocycles. The van der Waals surface area contributed by atoms with Crippen LogP contribution in [0, 0.1) is 0 Å². The summed E-state index contributed by atoms with van der Waals surface area (Å²) in [6, 6.07) is -0.878. The van der Waals surface area contributed by atoms with Crippen molar-refractivity contribution in [1.29, 1.82) is 0 Å². The van der Waals surface area contributed by atoms with Crippen molar-refractivity contribution in [2.24, 2.45) is 0 Å². The van der Waals surface area contributed by atoms with Crippen LogP contribution in [0.3, 0.4) is 0 Å². The topological polar surface area (TPSA) is 50.4 Å². The van der Waals surface area contributed by atoms with E-state index in [1.165, 1.54) is 0 Å². The van der Waals surface area contributed by atoms with Crippen LogP contribution in [0.1, 0.15) is 19.3 Å². The Bertz CT molecular complexity index is 245. The van der Waals surface area contributed by atoms with E-state index in [1.807, 2.05) is 0 Å². The highest BCUT2D eigenvalue weighted by Crippen LogP contribution is 2.21. The Morgan fingerprint density at radius 1 is 1.44 bits per heavy atom. The van der Waals surface area contributed by atoms with Crippen molar-refractivity contribution in [2.45, 2.75) is 37.6 Å². The van der Waals surface area contributed by atoms with Gasteiger partial charge in [-0.1, -0.05) is 0 Å². The standard InChI is InChI=1S/C9H15F3N2O2/c1-16-7-3-2-6(4-7)14-8(15)13-5-9(10,11)12/h6-7H,2-5H2,1H3,(H2,13,14,15). The van der Waals surface area contributed by atoms with Crippen molar-refractivity contribution in [3.05, 3.63) is 0 Å². The molecule has 0 radical (unpaired) electrons. The third kappa shape index (κ3) is 4.69. The van der Waals surface area contributed by atoms with Gasteiger partial charge in [0, 0.05) is 13.2 Å². The Morgan fingerprint density at radius 3 is 2.62 bits per heavy atom. The molecular weight excluding hydrogens is 225 g/mol. The Kier molecular flexibility index (Phi) is 4.40. The molecule has 0 saturated heterocycles. The van der Waals surface area contributed by atoms with E-state index in [0.29, 0.717) is 6.42 Å². The summed E-state index contributed by atoms with van der Waals surface area (Å²) in [6.07, 6.45) is -2.08. The summed E-state index contributed by atoms with van der Waals surface area (Å²) in [5, 5.41) is 4.25. The minimum absolute atomic E-state index is 0.0907. The molecule has 4 nitrogen and oxygen atoms in total. The molecule has 0 aromatic heterocycles. The predicted octanol–water partition coefficient (Wildman–Crippen LogP) is 1.42. The third-order valence-electron chi connectivity index (χ3n) is 2.50. The fourth-order valence-corrected chi connectivity index (χ4v) is 1.70. The maximum Gasteiger partial charge on any atom is 0.405 e. The van der Waals surface area contributed by atoms with Crippen LogP contribution in [0.5, 0.6) is 0 Å². The molecular formula is C9H15F3N2O2. The largest absolute Gasteiger partial charge is 0.405 e. The molecule has 2 unspecified atom stereocenters. The Labute approximate surface area is 91.5 Å². The minimum Gasteiger partial charge on any atom is -0.381 e. The van der Waals surface area contributed by atoms with Gasteiger partial charge in [-0.15, -0.1) is 0 Å². The summed E-state index contributed by atoms with van der Waals surface area (Å²) in [6.45, 7) is -1.31. The summed E-state index contributed by atoms with van der Waals surface area (Å²) in [7, 11) is 1.58. The highest BCUT2D eigenvalue weighted by Gasteiger charge is 2.29. The first-order chi connectivity index (χ1) is 7.40. The molecule has 2 N–H and O–H groups in total. The molecule has 0 aromatic carbocycles. The lowest BCUT2D eigenvalue weighted by Gasteiger charge is -2.14. The van der Waals surface area contributed by atoms with Crippen molar-refractivity contribution in [3.63, 3.8) is 0 Å². The number of urea groups is 1. The maximum atomic E-state index is 11.8. The lowest BCUT2D eigenvalue weighted by molar-refractivity contribution is -0.122. The number of ether oxygens (including phenoxy) is 1. The monoisotopic (exact) mass is 240 g/mol. The number of hydrogen-bond donors (Lipinski definition) is 2. The molecule has 2 atom stereocenters. The number of rotatable bonds is 3. The van der Waals surface area contributed by atoms with Crippen molar-refractivity contribution in [3.8, 4) is 0 Å². The average molecular weight is 240 g/mol. The van der Waals surface area contributed by atoms with Gasteiger partial charge in [-0.05, 0) is 19.3 Å². The maximum absolute atomic E-state index is 11.8. The summed E-state index contributed by atoms with van der Waals surface area (Å²) in [5.41, 5.74) is 0. The molecule has 1 fully saturated rings. The molecule has 0 aliphatic heterocycles. The molecule has 16 heavy (non-hydrogen) atoms. The second kappa shape index (κ2) is 5.38. The molecule has 1 aliphatic rings. The molecule has 1 rings (SSSR count). The fraction of sp³-hybridized carbons (Fsp3) is 0.889. The van der Waals surface area contributed by atoms with Crippen molar-refractivity contribution >= 4 is 6.03 Å². The lowest BCUT2D eigenvalue weighted by Crippen LogP contribution is -2.44. The van der Waals surface area contributed by atoms with Crippen LogP contribution < -0.4 is 10.6 Å². The Balaban J connectivity index is 2.20. The predicted molar refractivity (Wildman–Crippen MR) is 51.0 cm³/mol. The van der Waals surface area contributed by atoms with Gasteiger partial charge in [-0.2, -0.15) is 13.2 Å². The number of methoxy groups -OCH3 is 1. The minimum atomic E-state index is -4.37. The summed E-state index contributed by atoms with van der Waals surface area (Å²) in [4.78, 5) is 11.1. The highest BCUT2D eigenvalue weighted by atomic mass is 19.4. The lowest BCUT2D eigenvalue weighted by atomic mass is 10.2. The van der Waals surface area contributed by atoms with Crippen LogP contribution in [-0.4, -0.2) is 38.0 Å². The van der Waals surface area contributed by atoms with Gasteiger partial charge in [0.2, 0.25) is 0 Å². The summed E-state index contributed by atoms with van der Waals surface area (Å²) in [5.74, 6) is 0. The molecule has 0 aromatic rings. The molecule has 0 bridgehead atoms. The van der Waals surface area contributed by atoms with E-state index in [1.54, 1.807) is 12.4 Å². The van der Waals surface area contributed by atoms with E-state index < -0.39 is 18.8 Å². The molecule has 0 spiro atoms. The first-order valence-corrected chi connectivity index (χ1v) is 5.04. The van der Waals surface area contributed by atoms with Crippen LogP contribution in [0.2, 0.25) is 0 Å². The fourth-order valence-electron chi connectivity index (χ4n) is 1.70. The average Bonchev–Trinajstić information content (AvgIpc) is 2.61. The van der Waals surface area contributed by atoms with Crippen molar-refractivity contribution in [1.82, 2.24) is 10.6 Å². The number of nitrogens with one attached hydrogen (secondary N) is 2. The second-order valence-corrected chi connectivity index (χ2v) is 3.81. The molecule has 0 heterocycles. The van der Waals surface area contributed by atoms with Gasteiger partial charge in [0.1, 0.15) is 6.54 Å². The first kappa shape index (κ1) is 13.1. The number of hydrogen-bond acceptors (Lipinski definition) is 2. The Morgan fingerprint density at radius 2 is 2.12 bits per heavy atom. The zero-order valence-corrected chi connectivity index (χ0v) is 8.93. The van der Waals surface area contributed by atoms with Crippen LogP contribution >= 0.6 is 0 Å². The van der Waals surface area contributed by atoms with Crippen LogP contribution in [0.4, 0.5) is 18.0 Å². The van der Waals surface area contributed by atoms with Gasteiger partial charge in [0.15, 0.2) is 0 Å². The molecule has 1 saturated carbocycles. The molecule has 2 amide bonds. The number of halogens is 3. The first-order valence-electron chi connectivity index (χ1n) is 5.04. The van der Waals surface area contributed by atoms with E-state index in [-0.39, 0.29) is 12.1 Å². The van der Waals surface area contributed by atoms with E-state index in [0.717, 1.165) is 12.8 Å². The van der Waals surface area contributed by atoms with Gasteiger partial charge < -0.3 is 15.4 Å². The third-order valence-corrected chi connectivity index (χ3v) is 2.50. The molecule has 7 heteroatoms. The SMILES string of the molecule is COC1CCC(NC(=O)NCC(F)(F)F)C1. The van der Waals surface area contributed by atoms with Crippen molar-refractivity contribution < 1.29 is 22.7 Å². The zero-order valence-electron chi connectivity index (χ0n) is 8.93. The smallest absolute Gasteiger partial charge is 0.381 e. The summed E-state index contributed by atoms with van der Waals surface area (Å²) >= 11 is 0. The zero-order chi connectivity index (χ0) is 12.2. The number of carbonyl (C=O) groups is 1.